The average molecular weight is 275 g/mol. The fourth-order valence-corrected chi connectivity index (χ4v) is 2.24. The van der Waals surface area contributed by atoms with Gasteiger partial charge in [0, 0.05) is 0 Å². The predicted octanol–water partition coefficient (Wildman–Crippen LogP) is 3.20. The number of thiazole rings is 1. The Morgan fingerprint density at radius 1 is 1.22 bits per heavy atom. The highest BCUT2D eigenvalue weighted by Gasteiger charge is 2.30. The van der Waals surface area contributed by atoms with Crippen molar-refractivity contribution in [2.45, 2.75) is 13.0 Å². The highest BCUT2D eigenvalue weighted by molar-refractivity contribution is 7.13. The molecule has 1 aromatic carbocycles. The second kappa shape index (κ2) is 4.95. The van der Waals surface area contributed by atoms with E-state index in [1.165, 1.54) is 35.6 Å². The molecule has 0 radical (unpaired) electrons. The first kappa shape index (κ1) is 12.8. The van der Waals surface area contributed by atoms with Crippen molar-refractivity contribution in [3.63, 3.8) is 0 Å². The molecule has 0 saturated heterocycles. The van der Waals surface area contributed by atoms with Crippen molar-refractivity contribution in [2.75, 3.05) is 0 Å². The number of benzene rings is 1. The van der Waals surface area contributed by atoms with Gasteiger partial charge in [0.15, 0.2) is 0 Å². The van der Waals surface area contributed by atoms with Crippen molar-refractivity contribution in [1.82, 2.24) is 4.98 Å². The number of nitrogens with zero attached hydrogens (tertiary/aromatic N) is 1. The molecule has 0 bridgehead atoms. The van der Waals surface area contributed by atoms with E-state index in [1.807, 2.05) is 0 Å². The summed E-state index contributed by atoms with van der Waals surface area (Å²) in [6, 6.07) is 5.44. The van der Waals surface area contributed by atoms with Crippen molar-refractivity contribution in [3.05, 3.63) is 35.5 Å². The van der Waals surface area contributed by atoms with Gasteiger partial charge in [-0.1, -0.05) is 0 Å². The summed E-state index contributed by atoms with van der Waals surface area (Å²) >= 11 is 1.31. The highest BCUT2D eigenvalue weighted by atomic mass is 32.1. The van der Waals surface area contributed by atoms with Crippen LogP contribution in [0.25, 0.3) is 10.4 Å². The Morgan fingerprint density at radius 3 is 2.44 bits per heavy atom. The molecule has 7 heteroatoms. The molecule has 96 valence electrons. The van der Waals surface area contributed by atoms with Crippen LogP contribution in [-0.4, -0.2) is 16.5 Å². The summed E-state index contributed by atoms with van der Waals surface area (Å²) < 4.78 is 39.7. The van der Waals surface area contributed by atoms with Crippen LogP contribution < -0.4 is 4.74 Å². The van der Waals surface area contributed by atoms with Crippen LogP contribution in [0.5, 0.6) is 5.75 Å². The summed E-state index contributed by atoms with van der Waals surface area (Å²) in [6.07, 6.45) is -4.69. The van der Waals surface area contributed by atoms with Crippen molar-refractivity contribution in [1.29, 1.82) is 0 Å². The molecule has 0 aliphatic rings. The Morgan fingerprint density at radius 2 is 1.89 bits per heavy atom. The number of rotatable bonds is 3. The van der Waals surface area contributed by atoms with Crippen LogP contribution in [0.3, 0.4) is 0 Å². The zero-order valence-corrected chi connectivity index (χ0v) is 9.76. The maximum Gasteiger partial charge on any atom is 0.573 e. The third-order valence-corrected chi connectivity index (χ3v) is 3.06. The first-order chi connectivity index (χ1) is 8.49. The maximum absolute atomic E-state index is 12.0. The zero-order valence-electron chi connectivity index (χ0n) is 8.94. The highest BCUT2D eigenvalue weighted by Crippen LogP contribution is 2.30. The monoisotopic (exact) mass is 275 g/mol. The summed E-state index contributed by atoms with van der Waals surface area (Å²) in [7, 11) is 0. The lowest BCUT2D eigenvalue weighted by atomic mass is 10.1. The number of alkyl halides is 3. The van der Waals surface area contributed by atoms with Crippen LogP contribution >= 0.6 is 11.3 Å². The van der Waals surface area contributed by atoms with Crippen LogP contribution in [0.4, 0.5) is 13.2 Å². The van der Waals surface area contributed by atoms with E-state index in [1.54, 1.807) is 5.51 Å². The molecule has 0 aliphatic carbocycles. The van der Waals surface area contributed by atoms with Gasteiger partial charge in [-0.15, -0.1) is 24.5 Å². The lowest BCUT2D eigenvalue weighted by Crippen LogP contribution is -2.16. The van der Waals surface area contributed by atoms with E-state index in [4.69, 9.17) is 5.11 Å². The van der Waals surface area contributed by atoms with Crippen molar-refractivity contribution < 1.29 is 23.0 Å². The van der Waals surface area contributed by atoms with E-state index in [-0.39, 0.29) is 12.4 Å². The van der Waals surface area contributed by atoms with Gasteiger partial charge >= 0.3 is 6.36 Å². The van der Waals surface area contributed by atoms with Crippen molar-refractivity contribution >= 4 is 11.3 Å². The topological polar surface area (TPSA) is 42.4 Å². The number of hydrogen-bond acceptors (Lipinski definition) is 4. The normalized spacial score (nSPS) is 11.6. The third-order valence-electron chi connectivity index (χ3n) is 2.14. The standard InChI is InChI=1S/C11H8F3NO2S/c12-11(13,14)17-8-3-1-7(2-4-8)10-9(5-16)15-6-18-10/h1-4,6,16H,5H2. The van der Waals surface area contributed by atoms with Gasteiger partial charge < -0.3 is 9.84 Å². The van der Waals surface area contributed by atoms with E-state index in [2.05, 4.69) is 9.72 Å². The van der Waals surface area contributed by atoms with Gasteiger partial charge in [0.05, 0.1) is 22.7 Å². The number of hydrogen-bond donors (Lipinski definition) is 1. The lowest BCUT2D eigenvalue weighted by molar-refractivity contribution is -0.274. The fourth-order valence-electron chi connectivity index (χ4n) is 1.42. The molecule has 1 N–H and O–H groups in total. The van der Waals surface area contributed by atoms with Crippen LogP contribution in [0, 0.1) is 0 Å². The molecule has 0 spiro atoms. The van der Waals surface area contributed by atoms with Crippen LogP contribution in [0.1, 0.15) is 5.69 Å². The molecule has 1 heterocycles. The molecule has 0 atom stereocenters. The molecular formula is C11H8F3NO2S. The SMILES string of the molecule is OCc1ncsc1-c1ccc(OC(F)(F)F)cc1. The van der Waals surface area contributed by atoms with E-state index >= 15 is 0 Å². The Balaban J connectivity index is 2.23. The Bertz CT molecular complexity index is 522. The van der Waals surface area contributed by atoms with E-state index in [0.29, 0.717) is 11.3 Å². The summed E-state index contributed by atoms with van der Waals surface area (Å²) in [5.41, 5.74) is 2.77. The zero-order chi connectivity index (χ0) is 13.2. The number of aromatic nitrogens is 1. The molecule has 2 aromatic rings. The van der Waals surface area contributed by atoms with Gasteiger partial charge in [0.25, 0.3) is 0 Å². The maximum atomic E-state index is 12.0. The Kier molecular flexibility index (Phi) is 3.53. The fraction of sp³-hybridized carbons (Fsp3) is 0.182. The largest absolute Gasteiger partial charge is 0.573 e. The molecule has 0 fully saturated rings. The lowest BCUT2D eigenvalue weighted by Gasteiger charge is -2.09. The molecule has 1 aromatic heterocycles. The average Bonchev–Trinajstić information content (AvgIpc) is 2.76. The number of halogens is 3. The van der Waals surface area contributed by atoms with Gasteiger partial charge in [-0.05, 0) is 29.8 Å². The molecule has 0 saturated carbocycles. The molecule has 0 unspecified atom stereocenters. The first-order valence-electron chi connectivity index (χ1n) is 4.89. The van der Waals surface area contributed by atoms with Gasteiger partial charge in [-0.3, -0.25) is 0 Å². The molecule has 0 amide bonds. The Labute approximate surface area is 104 Å². The minimum Gasteiger partial charge on any atom is -0.406 e. The molecule has 0 aliphatic heterocycles. The van der Waals surface area contributed by atoms with Gasteiger partial charge in [0.2, 0.25) is 0 Å². The number of aliphatic hydroxyl groups is 1. The Hall–Kier alpha value is -1.60. The molecule has 18 heavy (non-hydrogen) atoms. The van der Waals surface area contributed by atoms with Crippen LogP contribution in [0.2, 0.25) is 0 Å². The van der Waals surface area contributed by atoms with Crippen molar-refractivity contribution in [2.24, 2.45) is 0 Å². The quantitative estimate of drug-likeness (QED) is 0.935. The van der Waals surface area contributed by atoms with Gasteiger partial charge in [-0.2, -0.15) is 0 Å². The summed E-state index contributed by atoms with van der Waals surface area (Å²) in [5.74, 6) is -0.277. The van der Waals surface area contributed by atoms with E-state index < -0.39 is 6.36 Å². The number of ether oxygens (including phenoxy) is 1. The number of aliphatic hydroxyl groups excluding tert-OH is 1. The molecular weight excluding hydrogens is 267 g/mol. The van der Waals surface area contributed by atoms with Crippen LogP contribution in [0.15, 0.2) is 29.8 Å². The summed E-state index contributed by atoms with van der Waals surface area (Å²) in [5, 5.41) is 9.05. The van der Waals surface area contributed by atoms with Crippen LogP contribution in [-0.2, 0) is 6.61 Å². The molecule has 2 rings (SSSR count). The van der Waals surface area contributed by atoms with E-state index in [9.17, 15) is 13.2 Å². The van der Waals surface area contributed by atoms with E-state index in [0.717, 1.165) is 4.88 Å². The third kappa shape index (κ3) is 2.99. The minimum atomic E-state index is -4.69. The predicted molar refractivity (Wildman–Crippen MR) is 60.2 cm³/mol. The minimum absolute atomic E-state index is 0.209. The van der Waals surface area contributed by atoms with Gasteiger partial charge in [-0.25, -0.2) is 4.98 Å². The molecule has 3 nitrogen and oxygen atoms in total. The summed E-state index contributed by atoms with van der Waals surface area (Å²) in [4.78, 5) is 4.68. The second-order valence-corrected chi connectivity index (χ2v) is 4.21. The summed E-state index contributed by atoms with van der Waals surface area (Å²) in [6.45, 7) is -0.209. The van der Waals surface area contributed by atoms with Gasteiger partial charge in [0.1, 0.15) is 5.75 Å². The smallest absolute Gasteiger partial charge is 0.406 e. The second-order valence-electron chi connectivity index (χ2n) is 3.36. The first-order valence-corrected chi connectivity index (χ1v) is 5.77. The van der Waals surface area contributed by atoms with Crippen molar-refractivity contribution in [3.8, 4) is 16.2 Å².